The fourth-order valence-electron chi connectivity index (χ4n) is 2.55. The van der Waals surface area contributed by atoms with Crippen LogP contribution in [-0.2, 0) is 5.41 Å². The van der Waals surface area contributed by atoms with Crippen LogP contribution in [0.25, 0.3) is 0 Å². The van der Waals surface area contributed by atoms with Gasteiger partial charge in [-0.25, -0.2) is 0 Å². The second-order valence-corrected chi connectivity index (χ2v) is 6.99. The minimum Gasteiger partial charge on any atom is -0.321 e. The average Bonchev–Trinajstić information content (AvgIpc) is 2.49. The Hall–Kier alpha value is -2.69. The van der Waals surface area contributed by atoms with Crippen molar-refractivity contribution in [2.45, 2.75) is 40.0 Å². The van der Waals surface area contributed by atoms with Crippen LogP contribution in [0, 0.1) is 24.0 Å². The molecule has 5 heteroatoms. The lowest BCUT2D eigenvalue weighted by atomic mass is 9.86. The lowest BCUT2D eigenvalue weighted by Crippen LogP contribution is -2.15. The molecule has 0 saturated heterocycles. The number of amides is 1. The fourth-order valence-corrected chi connectivity index (χ4v) is 2.55. The first-order valence-electron chi connectivity index (χ1n) is 7.77. The summed E-state index contributed by atoms with van der Waals surface area (Å²) in [7, 11) is 0. The Balaban J connectivity index is 2.25. The van der Waals surface area contributed by atoms with Gasteiger partial charge in [0.15, 0.2) is 0 Å². The topological polar surface area (TPSA) is 72.2 Å². The third kappa shape index (κ3) is 3.79. The van der Waals surface area contributed by atoms with Gasteiger partial charge < -0.3 is 5.32 Å². The predicted molar refractivity (Wildman–Crippen MR) is 95.7 cm³/mol. The first kappa shape index (κ1) is 17.7. The molecule has 2 aromatic rings. The third-order valence-electron chi connectivity index (χ3n) is 3.98. The number of rotatable bonds is 3. The van der Waals surface area contributed by atoms with E-state index < -0.39 is 4.92 Å². The van der Waals surface area contributed by atoms with Crippen LogP contribution in [0.4, 0.5) is 11.4 Å². The zero-order valence-corrected chi connectivity index (χ0v) is 14.6. The largest absolute Gasteiger partial charge is 0.321 e. The summed E-state index contributed by atoms with van der Waals surface area (Å²) < 4.78 is 0. The first-order chi connectivity index (χ1) is 11.1. The number of carbonyl (C=O) groups is 1. The quantitative estimate of drug-likeness (QED) is 0.653. The molecule has 0 aliphatic rings. The minimum atomic E-state index is -0.434. The molecule has 2 aromatic carbocycles. The summed E-state index contributed by atoms with van der Waals surface area (Å²) in [5.41, 5.74) is 3.72. The van der Waals surface area contributed by atoms with E-state index in [0.29, 0.717) is 22.4 Å². The maximum atomic E-state index is 12.5. The molecule has 24 heavy (non-hydrogen) atoms. The number of non-ortho nitro benzene ring substituents is 1. The normalized spacial score (nSPS) is 11.2. The van der Waals surface area contributed by atoms with Crippen molar-refractivity contribution in [3.05, 3.63) is 68.8 Å². The van der Waals surface area contributed by atoms with Crippen LogP contribution in [0.1, 0.15) is 47.8 Å². The Bertz CT molecular complexity index is 764. The number of benzene rings is 2. The van der Waals surface area contributed by atoms with Crippen LogP contribution in [0.5, 0.6) is 0 Å². The minimum absolute atomic E-state index is 0.0255. The number of hydrogen-bond donors (Lipinski definition) is 1. The molecule has 2 rings (SSSR count). The number of anilines is 1. The molecular formula is C19H22N2O3. The number of hydrogen-bond acceptors (Lipinski definition) is 3. The molecule has 0 aromatic heterocycles. The number of nitro benzene ring substituents is 1. The molecule has 0 heterocycles. The Kier molecular flexibility index (Phi) is 4.73. The zero-order chi connectivity index (χ0) is 18.1. The molecular weight excluding hydrogens is 304 g/mol. The lowest BCUT2D eigenvalue weighted by Gasteiger charge is -2.19. The monoisotopic (exact) mass is 326 g/mol. The van der Waals surface area contributed by atoms with Gasteiger partial charge >= 0.3 is 0 Å². The lowest BCUT2D eigenvalue weighted by molar-refractivity contribution is -0.384. The molecule has 1 N–H and O–H groups in total. The van der Waals surface area contributed by atoms with Crippen LogP contribution in [0.2, 0.25) is 0 Å². The fraction of sp³-hybridized carbons (Fsp3) is 0.316. The molecule has 0 saturated carbocycles. The summed E-state index contributed by atoms with van der Waals surface area (Å²) >= 11 is 0. The van der Waals surface area contributed by atoms with E-state index in [2.05, 4.69) is 26.1 Å². The van der Waals surface area contributed by atoms with Crippen molar-refractivity contribution >= 4 is 17.3 Å². The number of aryl methyl sites for hydroxylation is 2. The average molecular weight is 326 g/mol. The van der Waals surface area contributed by atoms with E-state index in [9.17, 15) is 14.9 Å². The number of nitrogens with one attached hydrogen (secondary N) is 1. The van der Waals surface area contributed by atoms with Crippen molar-refractivity contribution < 1.29 is 9.72 Å². The summed E-state index contributed by atoms with van der Waals surface area (Å²) in [5.74, 6) is -0.226. The number of nitrogens with zero attached hydrogens (tertiary/aromatic N) is 1. The molecule has 0 unspecified atom stereocenters. The van der Waals surface area contributed by atoms with Crippen LogP contribution in [0.3, 0.4) is 0 Å². The smallest absolute Gasteiger partial charge is 0.270 e. The van der Waals surface area contributed by atoms with E-state index in [1.54, 1.807) is 26.0 Å². The van der Waals surface area contributed by atoms with Crippen molar-refractivity contribution in [1.82, 2.24) is 0 Å². The second kappa shape index (κ2) is 6.43. The first-order valence-corrected chi connectivity index (χ1v) is 7.77. The van der Waals surface area contributed by atoms with Gasteiger partial charge in [0, 0.05) is 23.4 Å². The molecule has 0 aliphatic heterocycles. The van der Waals surface area contributed by atoms with Gasteiger partial charge in [-0.05, 0) is 48.1 Å². The van der Waals surface area contributed by atoms with Gasteiger partial charge in [0.2, 0.25) is 0 Å². The molecule has 0 aliphatic carbocycles. The van der Waals surface area contributed by atoms with Crippen molar-refractivity contribution in [1.29, 1.82) is 0 Å². The molecule has 126 valence electrons. The standard InChI is InChI=1S/C19H22N2O3/c1-12-10-16(21(23)24)11-13(2)17(12)20-18(22)14-6-8-15(9-7-14)19(3,4)5/h6-11H,1-5H3,(H,20,22). The van der Waals surface area contributed by atoms with E-state index in [1.807, 2.05) is 12.1 Å². The second-order valence-electron chi connectivity index (χ2n) is 6.99. The van der Waals surface area contributed by atoms with Crippen molar-refractivity contribution in [2.24, 2.45) is 0 Å². The van der Waals surface area contributed by atoms with Crippen LogP contribution < -0.4 is 5.32 Å². The number of carbonyl (C=O) groups excluding carboxylic acids is 1. The molecule has 0 bridgehead atoms. The highest BCUT2D eigenvalue weighted by Gasteiger charge is 2.16. The van der Waals surface area contributed by atoms with E-state index >= 15 is 0 Å². The van der Waals surface area contributed by atoms with E-state index in [1.165, 1.54) is 12.1 Å². The van der Waals surface area contributed by atoms with Gasteiger partial charge in [-0.2, -0.15) is 0 Å². The van der Waals surface area contributed by atoms with Gasteiger partial charge in [-0.15, -0.1) is 0 Å². The highest BCUT2D eigenvalue weighted by atomic mass is 16.6. The highest BCUT2D eigenvalue weighted by molar-refractivity contribution is 6.05. The van der Waals surface area contributed by atoms with Crippen LogP contribution in [0.15, 0.2) is 36.4 Å². The summed E-state index contributed by atoms with van der Waals surface area (Å²) in [6.45, 7) is 9.85. The van der Waals surface area contributed by atoms with Gasteiger partial charge in [0.05, 0.1) is 4.92 Å². The molecule has 0 radical (unpaired) electrons. The summed E-state index contributed by atoms with van der Waals surface area (Å²) in [4.78, 5) is 22.9. The van der Waals surface area contributed by atoms with Crippen molar-refractivity contribution in [2.75, 3.05) is 5.32 Å². The Morgan fingerprint density at radius 3 is 1.96 bits per heavy atom. The Labute approximate surface area is 141 Å². The number of nitro groups is 1. The van der Waals surface area contributed by atoms with Crippen LogP contribution in [-0.4, -0.2) is 10.8 Å². The Morgan fingerprint density at radius 1 is 1.04 bits per heavy atom. The highest BCUT2D eigenvalue weighted by Crippen LogP contribution is 2.27. The molecule has 1 amide bonds. The maximum absolute atomic E-state index is 12.5. The maximum Gasteiger partial charge on any atom is 0.270 e. The summed E-state index contributed by atoms with van der Waals surface area (Å²) in [6.07, 6.45) is 0. The predicted octanol–water partition coefficient (Wildman–Crippen LogP) is 4.76. The van der Waals surface area contributed by atoms with Crippen LogP contribution >= 0.6 is 0 Å². The summed E-state index contributed by atoms with van der Waals surface area (Å²) in [6, 6.07) is 10.4. The zero-order valence-electron chi connectivity index (χ0n) is 14.6. The molecule has 0 fully saturated rings. The summed E-state index contributed by atoms with van der Waals surface area (Å²) in [5, 5.41) is 13.7. The van der Waals surface area contributed by atoms with E-state index in [0.717, 1.165) is 5.56 Å². The molecule has 0 atom stereocenters. The van der Waals surface area contributed by atoms with Gasteiger partial charge in [0.25, 0.3) is 11.6 Å². The van der Waals surface area contributed by atoms with Crippen molar-refractivity contribution in [3.8, 4) is 0 Å². The van der Waals surface area contributed by atoms with E-state index in [-0.39, 0.29) is 17.0 Å². The molecule has 5 nitrogen and oxygen atoms in total. The SMILES string of the molecule is Cc1cc([N+](=O)[O-])cc(C)c1NC(=O)c1ccc(C(C)(C)C)cc1. The van der Waals surface area contributed by atoms with Gasteiger partial charge in [-0.1, -0.05) is 32.9 Å². The van der Waals surface area contributed by atoms with E-state index in [4.69, 9.17) is 0 Å². The van der Waals surface area contributed by atoms with Gasteiger partial charge in [-0.3, -0.25) is 14.9 Å². The third-order valence-corrected chi connectivity index (χ3v) is 3.98. The Morgan fingerprint density at radius 2 is 1.54 bits per heavy atom. The molecule has 0 spiro atoms. The van der Waals surface area contributed by atoms with Crippen molar-refractivity contribution in [3.63, 3.8) is 0 Å². The van der Waals surface area contributed by atoms with Gasteiger partial charge in [0.1, 0.15) is 0 Å².